The Labute approximate surface area is 161 Å². The van der Waals surface area contributed by atoms with Crippen LogP contribution in [0.25, 0.3) is 0 Å². The number of benzene rings is 3. The van der Waals surface area contributed by atoms with Gasteiger partial charge in [-0.25, -0.2) is 0 Å². The van der Waals surface area contributed by atoms with E-state index in [2.05, 4.69) is 0 Å². The van der Waals surface area contributed by atoms with Gasteiger partial charge in [-0.2, -0.15) is 0 Å². The van der Waals surface area contributed by atoms with Gasteiger partial charge in [-0.05, 0) is 41.5 Å². The predicted octanol–water partition coefficient (Wildman–Crippen LogP) is 4.65. The fourth-order valence-corrected chi connectivity index (χ4v) is 3.22. The van der Waals surface area contributed by atoms with Crippen LogP contribution >= 0.6 is 11.6 Å². The van der Waals surface area contributed by atoms with Gasteiger partial charge in [-0.15, -0.1) is 0 Å². The summed E-state index contributed by atoms with van der Waals surface area (Å²) < 4.78 is 5.78. The number of amides is 1. The number of fused-ring (bicyclic) bond motifs is 1. The highest BCUT2D eigenvalue weighted by Gasteiger charge is 2.35. The van der Waals surface area contributed by atoms with Crippen molar-refractivity contribution in [3.8, 4) is 5.75 Å². The van der Waals surface area contributed by atoms with Crippen molar-refractivity contribution >= 4 is 29.0 Å². The molecule has 0 unspecified atom stereocenters. The van der Waals surface area contributed by atoms with Gasteiger partial charge in [0.05, 0.1) is 17.8 Å². The van der Waals surface area contributed by atoms with Crippen molar-refractivity contribution in [3.05, 3.63) is 94.5 Å². The molecule has 0 bridgehead atoms. The summed E-state index contributed by atoms with van der Waals surface area (Å²) >= 11 is 5.94. The van der Waals surface area contributed by atoms with Crippen LogP contribution in [0.1, 0.15) is 21.5 Å². The van der Waals surface area contributed by atoms with E-state index in [1.54, 1.807) is 12.1 Å². The molecule has 134 valence electrons. The summed E-state index contributed by atoms with van der Waals surface area (Å²) in [7, 11) is 0. The lowest BCUT2D eigenvalue weighted by Crippen LogP contribution is -2.29. The van der Waals surface area contributed by atoms with Crippen molar-refractivity contribution in [2.45, 2.75) is 13.2 Å². The fraction of sp³-hybridized carbons (Fsp3) is 0.0909. The van der Waals surface area contributed by atoms with Crippen LogP contribution in [0.2, 0.25) is 5.02 Å². The normalized spacial score (nSPS) is 13.0. The first-order chi connectivity index (χ1) is 13.1. The van der Waals surface area contributed by atoms with E-state index in [0.29, 0.717) is 29.4 Å². The summed E-state index contributed by atoms with van der Waals surface area (Å²) in [5.74, 6) is -0.300. The first-order valence-electron chi connectivity index (χ1n) is 8.53. The van der Waals surface area contributed by atoms with E-state index in [0.717, 1.165) is 16.9 Å². The van der Waals surface area contributed by atoms with Gasteiger partial charge in [-0.3, -0.25) is 9.59 Å². The maximum atomic E-state index is 12.3. The van der Waals surface area contributed by atoms with Crippen LogP contribution in [0.4, 0.5) is 5.69 Å². The lowest BCUT2D eigenvalue weighted by Gasteiger charge is -2.17. The Hall–Kier alpha value is -3.11. The summed E-state index contributed by atoms with van der Waals surface area (Å²) in [5.41, 5.74) is 2.96. The number of Topliss-reactive ketones (excluding diaryl/α,β-unsaturated/α-hetero) is 1. The zero-order valence-electron chi connectivity index (χ0n) is 14.4. The highest BCUT2D eigenvalue weighted by molar-refractivity contribution is 6.52. The average molecular weight is 378 g/mol. The number of carbonyl (C=O) groups is 2. The molecule has 0 saturated carbocycles. The summed E-state index contributed by atoms with van der Waals surface area (Å²) in [6.45, 7) is 0.811. The molecule has 0 saturated heterocycles. The summed E-state index contributed by atoms with van der Waals surface area (Å²) in [6.07, 6.45) is 0. The molecule has 1 aliphatic rings. The molecule has 0 radical (unpaired) electrons. The van der Waals surface area contributed by atoms with Crippen molar-refractivity contribution in [2.75, 3.05) is 4.90 Å². The second-order valence-corrected chi connectivity index (χ2v) is 6.74. The Morgan fingerprint density at radius 3 is 2.33 bits per heavy atom. The minimum absolute atomic E-state index is 0.318. The minimum atomic E-state index is -0.531. The van der Waals surface area contributed by atoms with Gasteiger partial charge in [0.2, 0.25) is 0 Å². The number of rotatable bonds is 5. The van der Waals surface area contributed by atoms with Gasteiger partial charge >= 0.3 is 0 Å². The number of ketones is 1. The Bertz CT molecular complexity index is 1000. The van der Waals surface area contributed by atoms with E-state index >= 15 is 0 Å². The second kappa shape index (κ2) is 7.25. The first kappa shape index (κ1) is 17.3. The molecule has 1 aliphatic heterocycles. The molecule has 0 aliphatic carbocycles. The molecule has 0 fully saturated rings. The summed E-state index contributed by atoms with van der Waals surface area (Å²) in [5, 5.41) is 0.441. The molecule has 0 spiro atoms. The Kier molecular flexibility index (Phi) is 4.65. The molecule has 0 N–H and O–H groups in total. The van der Waals surface area contributed by atoms with Gasteiger partial charge in [-0.1, -0.05) is 54.1 Å². The van der Waals surface area contributed by atoms with Gasteiger partial charge in [0.1, 0.15) is 12.4 Å². The third-order valence-corrected chi connectivity index (χ3v) is 4.68. The van der Waals surface area contributed by atoms with E-state index in [9.17, 15) is 9.59 Å². The van der Waals surface area contributed by atoms with Crippen LogP contribution in [-0.2, 0) is 17.9 Å². The SMILES string of the molecule is O=C1C(=O)N(Cc2ccc(OCc3ccccc3)cc2)c2ccc(Cl)cc21. The number of carbonyl (C=O) groups excluding carboxylic acids is 2. The molecule has 5 heteroatoms. The smallest absolute Gasteiger partial charge is 0.299 e. The van der Waals surface area contributed by atoms with Crippen LogP contribution < -0.4 is 9.64 Å². The molecule has 27 heavy (non-hydrogen) atoms. The number of ether oxygens (including phenoxy) is 1. The summed E-state index contributed by atoms with van der Waals surface area (Å²) in [4.78, 5) is 25.9. The molecule has 1 heterocycles. The maximum absolute atomic E-state index is 12.3. The molecule has 3 aromatic rings. The molecule has 0 atom stereocenters. The monoisotopic (exact) mass is 377 g/mol. The highest BCUT2D eigenvalue weighted by Crippen LogP contribution is 2.32. The van der Waals surface area contributed by atoms with E-state index in [4.69, 9.17) is 16.3 Å². The van der Waals surface area contributed by atoms with Crippen molar-refractivity contribution in [2.24, 2.45) is 0 Å². The zero-order valence-corrected chi connectivity index (χ0v) is 15.1. The molecule has 4 nitrogen and oxygen atoms in total. The number of nitrogens with zero attached hydrogens (tertiary/aromatic N) is 1. The van der Waals surface area contributed by atoms with E-state index in [1.807, 2.05) is 54.6 Å². The maximum Gasteiger partial charge on any atom is 0.299 e. The van der Waals surface area contributed by atoms with Gasteiger partial charge in [0.15, 0.2) is 0 Å². The van der Waals surface area contributed by atoms with Crippen molar-refractivity contribution in [3.63, 3.8) is 0 Å². The number of halogens is 1. The van der Waals surface area contributed by atoms with Gasteiger partial charge in [0.25, 0.3) is 11.7 Å². The lowest BCUT2D eigenvalue weighted by atomic mass is 10.1. The zero-order chi connectivity index (χ0) is 18.8. The predicted molar refractivity (Wildman–Crippen MR) is 104 cm³/mol. The van der Waals surface area contributed by atoms with Crippen LogP contribution in [0.5, 0.6) is 5.75 Å². The summed E-state index contributed by atoms with van der Waals surface area (Å²) in [6, 6.07) is 22.4. The Morgan fingerprint density at radius 2 is 1.59 bits per heavy atom. The molecule has 1 amide bonds. The highest BCUT2D eigenvalue weighted by atomic mass is 35.5. The minimum Gasteiger partial charge on any atom is -0.489 e. The lowest BCUT2D eigenvalue weighted by molar-refractivity contribution is -0.114. The van der Waals surface area contributed by atoms with Crippen molar-refractivity contribution < 1.29 is 14.3 Å². The quantitative estimate of drug-likeness (QED) is 0.608. The Balaban J connectivity index is 1.46. The van der Waals surface area contributed by atoms with E-state index < -0.39 is 11.7 Å². The van der Waals surface area contributed by atoms with Crippen molar-refractivity contribution in [1.82, 2.24) is 0 Å². The standard InChI is InChI=1S/C22H16ClNO3/c23-17-8-11-20-19(12-17)21(25)22(26)24(20)13-15-6-9-18(10-7-15)27-14-16-4-2-1-3-5-16/h1-12H,13-14H2. The van der Waals surface area contributed by atoms with Crippen LogP contribution in [0.15, 0.2) is 72.8 Å². The second-order valence-electron chi connectivity index (χ2n) is 6.30. The fourth-order valence-electron chi connectivity index (χ4n) is 3.04. The van der Waals surface area contributed by atoms with Crippen LogP contribution in [0.3, 0.4) is 0 Å². The van der Waals surface area contributed by atoms with E-state index in [1.165, 1.54) is 11.0 Å². The third kappa shape index (κ3) is 3.57. The van der Waals surface area contributed by atoms with E-state index in [-0.39, 0.29) is 0 Å². The molecule has 3 aromatic carbocycles. The number of hydrogen-bond acceptors (Lipinski definition) is 3. The van der Waals surface area contributed by atoms with Crippen LogP contribution in [-0.4, -0.2) is 11.7 Å². The Morgan fingerprint density at radius 1 is 0.852 bits per heavy atom. The molecule has 0 aromatic heterocycles. The first-order valence-corrected chi connectivity index (χ1v) is 8.91. The van der Waals surface area contributed by atoms with Crippen LogP contribution in [0, 0.1) is 0 Å². The molecular weight excluding hydrogens is 362 g/mol. The number of anilines is 1. The average Bonchev–Trinajstić information content (AvgIpc) is 2.93. The van der Waals surface area contributed by atoms with Gasteiger partial charge in [0, 0.05) is 5.02 Å². The van der Waals surface area contributed by atoms with Gasteiger partial charge < -0.3 is 9.64 Å². The number of hydrogen-bond donors (Lipinski definition) is 0. The third-order valence-electron chi connectivity index (χ3n) is 4.45. The molecular formula is C22H16ClNO3. The van der Waals surface area contributed by atoms with Crippen molar-refractivity contribution in [1.29, 1.82) is 0 Å². The topological polar surface area (TPSA) is 46.6 Å². The largest absolute Gasteiger partial charge is 0.489 e. The molecule has 4 rings (SSSR count).